The highest BCUT2D eigenvalue weighted by Gasteiger charge is 2.18. The lowest BCUT2D eigenvalue weighted by Crippen LogP contribution is -2.28. The molecule has 0 spiro atoms. The molecule has 84 valence electrons. The molecule has 1 aromatic rings. The summed E-state index contributed by atoms with van der Waals surface area (Å²) in [5, 5.41) is 8.96. The fourth-order valence-electron chi connectivity index (χ4n) is 1.78. The largest absolute Gasteiger partial charge is 0.395 e. The van der Waals surface area contributed by atoms with Crippen LogP contribution in [0.15, 0.2) is 24.3 Å². The Labute approximate surface area is 92.1 Å². The van der Waals surface area contributed by atoms with E-state index in [1.165, 1.54) is 11.1 Å². The van der Waals surface area contributed by atoms with Gasteiger partial charge in [-0.25, -0.2) is 0 Å². The van der Waals surface area contributed by atoms with Gasteiger partial charge < -0.3 is 10.8 Å². The van der Waals surface area contributed by atoms with Gasteiger partial charge in [-0.1, -0.05) is 45.0 Å². The van der Waals surface area contributed by atoms with E-state index in [-0.39, 0.29) is 18.1 Å². The van der Waals surface area contributed by atoms with Gasteiger partial charge in [-0.15, -0.1) is 0 Å². The molecule has 2 heteroatoms. The van der Waals surface area contributed by atoms with Crippen LogP contribution >= 0.6 is 0 Å². The fourth-order valence-corrected chi connectivity index (χ4v) is 1.78. The van der Waals surface area contributed by atoms with Crippen molar-refractivity contribution in [3.05, 3.63) is 35.4 Å². The molecular formula is C13H21NO. The van der Waals surface area contributed by atoms with Crippen LogP contribution < -0.4 is 5.73 Å². The van der Waals surface area contributed by atoms with Gasteiger partial charge in [0.2, 0.25) is 0 Å². The molecule has 2 nitrogen and oxygen atoms in total. The smallest absolute Gasteiger partial charge is 0.0585 e. The first-order valence-electron chi connectivity index (χ1n) is 5.40. The van der Waals surface area contributed by atoms with Gasteiger partial charge in [0.1, 0.15) is 0 Å². The highest BCUT2D eigenvalue weighted by atomic mass is 16.3. The summed E-state index contributed by atoms with van der Waals surface area (Å²) in [6.45, 7) is 6.61. The Morgan fingerprint density at radius 1 is 1.27 bits per heavy atom. The quantitative estimate of drug-likeness (QED) is 0.794. The van der Waals surface area contributed by atoms with Crippen molar-refractivity contribution in [3.8, 4) is 0 Å². The van der Waals surface area contributed by atoms with Gasteiger partial charge in [0.25, 0.3) is 0 Å². The third-order valence-electron chi connectivity index (χ3n) is 2.54. The van der Waals surface area contributed by atoms with Gasteiger partial charge in [-0.05, 0) is 23.0 Å². The summed E-state index contributed by atoms with van der Waals surface area (Å²) in [4.78, 5) is 0. The molecule has 0 heterocycles. The predicted molar refractivity (Wildman–Crippen MR) is 63.9 cm³/mol. The monoisotopic (exact) mass is 207 g/mol. The molecule has 0 bridgehead atoms. The standard InChI is InChI=1S/C13H21NO/c1-13(2,3)12-7-5-4-6-10(12)8-11(14)9-15/h4-7,11,15H,8-9,14H2,1-3H3. The second-order valence-corrected chi connectivity index (χ2v) is 5.05. The van der Waals surface area contributed by atoms with Gasteiger partial charge in [0.15, 0.2) is 0 Å². The lowest BCUT2D eigenvalue weighted by molar-refractivity contribution is 0.265. The number of hydrogen-bond donors (Lipinski definition) is 2. The van der Waals surface area contributed by atoms with Crippen molar-refractivity contribution in [3.63, 3.8) is 0 Å². The van der Waals surface area contributed by atoms with E-state index < -0.39 is 0 Å². The molecule has 0 amide bonds. The zero-order valence-electron chi connectivity index (χ0n) is 9.83. The summed E-state index contributed by atoms with van der Waals surface area (Å²) in [5.41, 5.74) is 8.45. The number of benzene rings is 1. The second-order valence-electron chi connectivity index (χ2n) is 5.05. The Morgan fingerprint density at radius 2 is 1.87 bits per heavy atom. The molecule has 1 rings (SSSR count). The molecule has 0 aliphatic carbocycles. The molecule has 0 radical (unpaired) electrons. The SMILES string of the molecule is CC(C)(C)c1ccccc1CC(N)CO. The van der Waals surface area contributed by atoms with Crippen molar-refractivity contribution in [1.29, 1.82) is 0 Å². The van der Waals surface area contributed by atoms with Crippen LogP contribution in [0.5, 0.6) is 0 Å². The minimum atomic E-state index is -0.159. The van der Waals surface area contributed by atoms with Gasteiger partial charge in [-0.3, -0.25) is 0 Å². The topological polar surface area (TPSA) is 46.2 Å². The Morgan fingerprint density at radius 3 is 2.40 bits per heavy atom. The lowest BCUT2D eigenvalue weighted by atomic mass is 9.82. The van der Waals surface area contributed by atoms with E-state index >= 15 is 0 Å². The third-order valence-corrected chi connectivity index (χ3v) is 2.54. The van der Waals surface area contributed by atoms with Crippen LogP contribution in [0.2, 0.25) is 0 Å². The molecule has 0 aromatic heterocycles. The van der Waals surface area contributed by atoms with Crippen LogP contribution in [0.3, 0.4) is 0 Å². The van der Waals surface area contributed by atoms with Crippen LogP contribution in [-0.4, -0.2) is 17.8 Å². The molecule has 0 aliphatic heterocycles. The van der Waals surface area contributed by atoms with Crippen molar-refractivity contribution in [1.82, 2.24) is 0 Å². The van der Waals surface area contributed by atoms with Crippen LogP contribution in [-0.2, 0) is 11.8 Å². The van der Waals surface area contributed by atoms with Crippen molar-refractivity contribution in [2.75, 3.05) is 6.61 Å². The minimum absolute atomic E-state index is 0.0402. The summed E-state index contributed by atoms with van der Waals surface area (Å²) in [6, 6.07) is 8.15. The molecule has 0 aliphatic rings. The first-order valence-corrected chi connectivity index (χ1v) is 5.40. The molecule has 0 fully saturated rings. The summed E-state index contributed by atoms with van der Waals surface area (Å²) in [7, 11) is 0. The van der Waals surface area contributed by atoms with Gasteiger partial charge in [-0.2, -0.15) is 0 Å². The van der Waals surface area contributed by atoms with E-state index in [2.05, 4.69) is 39.0 Å². The average molecular weight is 207 g/mol. The molecule has 0 saturated heterocycles. The number of aliphatic hydroxyl groups is 1. The van der Waals surface area contributed by atoms with Gasteiger partial charge in [0.05, 0.1) is 6.61 Å². The Bertz CT molecular complexity index is 315. The summed E-state index contributed by atoms with van der Waals surface area (Å²) in [5.74, 6) is 0. The maximum absolute atomic E-state index is 8.96. The normalized spacial score (nSPS) is 13.9. The van der Waals surface area contributed by atoms with Crippen LogP contribution in [0.1, 0.15) is 31.9 Å². The van der Waals surface area contributed by atoms with E-state index in [9.17, 15) is 0 Å². The van der Waals surface area contributed by atoms with E-state index in [0.717, 1.165) is 6.42 Å². The number of nitrogens with two attached hydrogens (primary N) is 1. The first-order chi connectivity index (χ1) is 6.95. The van der Waals surface area contributed by atoms with E-state index in [4.69, 9.17) is 10.8 Å². The summed E-state index contributed by atoms with van der Waals surface area (Å²) < 4.78 is 0. The Hall–Kier alpha value is -0.860. The molecule has 1 aromatic carbocycles. The van der Waals surface area contributed by atoms with E-state index in [1.54, 1.807) is 0 Å². The van der Waals surface area contributed by atoms with Crippen molar-refractivity contribution >= 4 is 0 Å². The van der Waals surface area contributed by atoms with Crippen molar-refractivity contribution in [2.45, 2.75) is 38.6 Å². The third kappa shape index (κ3) is 3.33. The van der Waals surface area contributed by atoms with Crippen LogP contribution in [0.25, 0.3) is 0 Å². The predicted octanol–water partition coefficient (Wildman–Crippen LogP) is 1.85. The fraction of sp³-hybridized carbons (Fsp3) is 0.538. The number of rotatable bonds is 3. The van der Waals surface area contributed by atoms with Gasteiger partial charge >= 0.3 is 0 Å². The maximum atomic E-state index is 8.96. The highest BCUT2D eigenvalue weighted by molar-refractivity contribution is 5.33. The highest BCUT2D eigenvalue weighted by Crippen LogP contribution is 2.26. The Kier molecular flexibility index (Phi) is 3.89. The summed E-state index contributed by atoms with van der Waals surface area (Å²) >= 11 is 0. The molecule has 1 atom stereocenters. The maximum Gasteiger partial charge on any atom is 0.0585 e. The molecular weight excluding hydrogens is 186 g/mol. The molecule has 3 N–H and O–H groups in total. The molecule has 0 saturated carbocycles. The number of aliphatic hydroxyl groups excluding tert-OH is 1. The first kappa shape index (κ1) is 12.2. The number of hydrogen-bond acceptors (Lipinski definition) is 2. The van der Waals surface area contributed by atoms with E-state index in [0.29, 0.717) is 0 Å². The minimum Gasteiger partial charge on any atom is -0.395 e. The average Bonchev–Trinajstić information content (AvgIpc) is 2.17. The lowest BCUT2D eigenvalue weighted by Gasteiger charge is -2.23. The van der Waals surface area contributed by atoms with Gasteiger partial charge in [0, 0.05) is 6.04 Å². The second kappa shape index (κ2) is 4.77. The molecule has 15 heavy (non-hydrogen) atoms. The van der Waals surface area contributed by atoms with Crippen molar-refractivity contribution < 1.29 is 5.11 Å². The van der Waals surface area contributed by atoms with Crippen molar-refractivity contribution in [2.24, 2.45) is 5.73 Å². The van der Waals surface area contributed by atoms with Crippen LogP contribution in [0.4, 0.5) is 0 Å². The Balaban J connectivity index is 2.97. The summed E-state index contributed by atoms with van der Waals surface area (Å²) in [6.07, 6.45) is 0.740. The molecule has 1 unspecified atom stereocenters. The zero-order valence-corrected chi connectivity index (χ0v) is 9.83. The van der Waals surface area contributed by atoms with Crippen LogP contribution in [0, 0.1) is 0 Å². The van der Waals surface area contributed by atoms with E-state index in [1.807, 2.05) is 6.07 Å². The zero-order chi connectivity index (χ0) is 11.5.